The highest BCUT2D eigenvalue weighted by Crippen LogP contribution is 2.25. The molecule has 1 saturated heterocycles. The zero-order valence-corrected chi connectivity index (χ0v) is 11.0. The van der Waals surface area contributed by atoms with Gasteiger partial charge in [-0.3, -0.25) is 4.90 Å². The van der Waals surface area contributed by atoms with Crippen molar-refractivity contribution in [3.05, 3.63) is 35.6 Å². The minimum Gasteiger partial charge on any atom is -0.373 e. The quantitative estimate of drug-likeness (QED) is 0.893. The van der Waals surface area contributed by atoms with Crippen molar-refractivity contribution in [3.8, 4) is 0 Å². The van der Waals surface area contributed by atoms with Crippen LogP contribution in [0.4, 0.5) is 4.39 Å². The molecular weight excluding hydrogens is 231 g/mol. The highest BCUT2D eigenvalue weighted by molar-refractivity contribution is 5.22. The first-order chi connectivity index (χ1) is 8.61. The molecule has 0 bridgehead atoms. The van der Waals surface area contributed by atoms with Gasteiger partial charge in [0, 0.05) is 25.2 Å². The van der Waals surface area contributed by atoms with Gasteiger partial charge in [0.15, 0.2) is 0 Å². The zero-order chi connectivity index (χ0) is 13.1. The Labute approximate surface area is 108 Å². The highest BCUT2D eigenvalue weighted by Gasteiger charge is 2.29. The van der Waals surface area contributed by atoms with Crippen molar-refractivity contribution >= 4 is 0 Å². The molecule has 1 aliphatic heterocycles. The van der Waals surface area contributed by atoms with Gasteiger partial charge in [0.05, 0.1) is 18.2 Å². The van der Waals surface area contributed by atoms with E-state index in [-0.39, 0.29) is 24.1 Å². The van der Waals surface area contributed by atoms with Crippen LogP contribution in [0.3, 0.4) is 0 Å². The van der Waals surface area contributed by atoms with E-state index in [1.54, 1.807) is 6.07 Å². The molecule has 2 N–H and O–H groups in total. The van der Waals surface area contributed by atoms with Crippen molar-refractivity contribution in [1.29, 1.82) is 0 Å². The summed E-state index contributed by atoms with van der Waals surface area (Å²) >= 11 is 0. The smallest absolute Gasteiger partial charge is 0.128 e. The molecule has 0 aromatic heterocycles. The molecule has 1 aromatic rings. The molecule has 1 fully saturated rings. The molecule has 4 heteroatoms. The Hall–Kier alpha value is -0.970. The van der Waals surface area contributed by atoms with Gasteiger partial charge in [0.1, 0.15) is 5.82 Å². The molecule has 2 rings (SSSR count). The van der Waals surface area contributed by atoms with Crippen LogP contribution in [0.15, 0.2) is 24.3 Å². The van der Waals surface area contributed by atoms with Gasteiger partial charge in [0.25, 0.3) is 0 Å². The molecule has 1 aliphatic rings. The third kappa shape index (κ3) is 2.88. The van der Waals surface area contributed by atoms with E-state index in [0.717, 1.165) is 13.1 Å². The van der Waals surface area contributed by atoms with Gasteiger partial charge in [-0.1, -0.05) is 18.2 Å². The minimum atomic E-state index is -0.181. The molecule has 1 heterocycles. The van der Waals surface area contributed by atoms with E-state index in [1.165, 1.54) is 6.07 Å². The summed E-state index contributed by atoms with van der Waals surface area (Å²) in [5, 5.41) is 0. The largest absolute Gasteiger partial charge is 0.373 e. The Balaban J connectivity index is 2.20. The fourth-order valence-electron chi connectivity index (χ4n) is 2.69. The van der Waals surface area contributed by atoms with Gasteiger partial charge in [-0.05, 0) is 19.9 Å². The van der Waals surface area contributed by atoms with Crippen LogP contribution in [0.1, 0.15) is 25.5 Å². The number of ether oxygens (including phenoxy) is 1. The number of hydrogen-bond donors (Lipinski definition) is 1. The third-order valence-electron chi connectivity index (χ3n) is 3.38. The van der Waals surface area contributed by atoms with E-state index >= 15 is 0 Å². The summed E-state index contributed by atoms with van der Waals surface area (Å²) in [7, 11) is 0. The van der Waals surface area contributed by atoms with Gasteiger partial charge in [0.2, 0.25) is 0 Å². The average Bonchev–Trinajstić information content (AvgIpc) is 2.31. The summed E-state index contributed by atoms with van der Waals surface area (Å²) in [6.45, 7) is 6.08. The minimum absolute atomic E-state index is 0.0694. The number of halogens is 1. The number of benzene rings is 1. The summed E-state index contributed by atoms with van der Waals surface area (Å²) in [5.41, 5.74) is 6.53. The second kappa shape index (κ2) is 5.78. The molecule has 1 aromatic carbocycles. The molecule has 0 spiro atoms. The number of morpholine rings is 1. The molecule has 0 unspecified atom stereocenters. The maximum Gasteiger partial charge on any atom is 0.128 e. The lowest BCUT2D eigenvalue weighted by Gasteiger charge is -2.40. The van der Waals surface area contributed by atoms with Crippen LogP contribution >= 0.6 is 0 Å². The van der Waals surface area contributed by atoms with Crippen molar-refractivity contribution in [3.63, 3.8) is 0 Å². The Morgan fingerprint density at radius 1 is 1.33 bits per heavy atom. The van der Waals surface area contributed by atoms with Crippen LogP contribution in [0, 0.1) is 5.82 Å². The summed E-state index contributed by atoms with van der Waals surface area (Å²) < 4.78 is 19.6. The predicted molar refractivity (Wildman–Crippen MR) is 69.8 cm³/mol. The molecule has 18 heavy (non-hydrogen) atoms. The second-order valence-corrected chi connectivity index (χ2v) is 4.98. The zero-order valence-electron chi connectivity index (χ0n) is 11.0. The molecule has 3 atom stereocenters. The van der Waals surface area contributed by atoms with Gasteiger partial charge >= 0.3 is 0 Å². The van der Waals surface area contributed by atoms with Crippen LogP contribution in [-0.2, 0) is 4.74 Å². The van der Waals surface area contributed by atoms with Crippen molar-refractivity contribution in [1.82, 2.24) is 4.90 Å². The van der Waals surface area contributed by atoms with E-state index in [4.69, 9.17) is 10.5 Å². The van der Waals surface area contributed by atoms with Crippen LogP contribution in [-0.4, -0.2) is 36.7 Å². The van der Waals surface area contributed by atoms with Crippen molar-refractivity contribution in [2.24, 2.45) is 5.73 Å². The third-order valence-corrected chi connectivity index (χ3v) is 3.38. The molecular formula is C14H21FN2O. The van der Waals surface area contributed by atoms with Gasteiger partial charge in [-0.25, -0.2) is 4.39 Å². The fraction of sp³-hybridized carbons (Fsp3) is 0.571. The molecule has 0 radical (unpaired) electrons. The average molecular weight is 252 g/mol. The summed E-state index contributed by atoms with van der Waals surface area (Å²) in [6, 6.07) is 6.80. The first-order valence-corrected chi connectivity index (χ1v) is 6.45. The summed E-state index contributed by atoms with van der Waals surface area (Å²) in [5.74, 6) is -0.181. The van der Waals surface area contributed by atoms with Crippen molar-refractivity contribution < 1.29 is 9.13 Å². The number of hydrogen-bond acceptors (Lipinski definition) is 3. The van der Waals surface area contributed by atoms with Crippen LogP contribution in [0.5, 0.6) is 0 Å². The van der Waals surface area contributed by atoms with Gasteiger partial charge < -0.3 is 10.5 Å². The Kier molecular flexibility index (Phi) is 4.32. The van der Waals surface area contributed by atoms with Crippen LogP contribution in [0.2, 0.25) is 0 Å². The normalized spacial score (nSPS) is 27.1. The van der Waals surface area contributed by atoms with Crippen molar-refractivity contribution in [2.45, 2.75) is 32.1 Å². The first-order valence-electron chi connectivity index (χ1n) is 6.45. The van der Waals surface area contributed by atoms with E-state index < -0.39 is 0 Å². The Bertz CT molecular complexity index is 389. The van der Waals surface area contributed by atoms with E-state index in [1.807, 2.05) is 26.0 Å². The second-order valence-electron chi connectivity index (χ2n) is 4.98. The lowest BCUT2D eigenvalue weighted by atomic mass is 10.0. The highest BCUT2D eigenvalue weighted by atomic mass is 19.1. The topological polar surface area (TPSA) is 38.5 Å². The molecule has 100 valence electrons. The summed E-state index contributed by atoms with van der Waals surface area (Å²) in [6.07, 6.45) is 0.323. The Morgan fingerprint density at radius 2 is 1.94 bits per heavy atom. The molecule has 0 aliphatic carbocycles. The maximum absolute atomic E-state index is 13.9. The predicted octanol–water partition coefficient (Wildman–Crippen LogP) is 1.93. The van der Waals surface area contributed by atoms with E-state index in [2.05, 4.69) is 4.90 Å². The maximum atomic E-state index is 13.9. The van der Waals surface area contributed by atoms with Crippen molar-refractivity contribution in [2.75, 3.05) is 19.6 Å². The number of nitrogens with zero attached hydrogens (tertiary/aromatic N) is 1. The summed E-state index contributed by atoms with van der Waals surface area (Å²) in [4.78, 5) is 2.22. The van der Waals surface area contributed by atoms with Gasteiger partial charge in [-0.15, -0.1) is 0 Å². The number of nitrogens with two attached hydrogens (primary N) is 1. The van der Waals surface area contributed by atoms with E-state index in [9.17, 15) is 4.39 Å². The van der Waals surface area contributed by atoms with Gasteiger partial charge in [-0.2, -0.15) is 0 Å². The lowest BCUT2D eigenvalue weighted by molar-refractivity contribution is -0.0802. The monoisotopic (exact) mass is 252 g/mol. The fourth-order valence-corrected chi connectivity index (χ4v) is 2.69. The molecule has 3 nitrogen and oxygen atoms in total. The van der Waals surface area contributed by atoms with Crippen LogP contribution in [0.25, 0.3) is 0 Å². The lowest BCUT2D eigenvalue weighted by Crippen LogP contribution is -2.48. The van der Waals surface area contributed by atoms with Crippen LogP contribution < -0.4 is 5.73 Å². The SMILES string of the molecule is C[C@@H]1CN([C@H](CN)c2ccccc2F)C[C@H](C)O1. The first kappa shape index (κ1) is 13.5. The van der Waals surface area contributed by atoms with E-state index in [0.29, 0.717) is 12.1 Å². The standard InChI is InChI=1S/C14H21FN2O/c1-10-8-17(9-11(2)18-10)14(7-16)12-5-3-4-6-13(12)15/h3-6,10-11,14H,7-9,16H2,1-2H3/t10-,11+,14-/m1/s1. The molecule has 0 amide bonds. The number of rotatable bonds is 3. The molecule has 0 saturated carbocycles. The Morgan fingerprint density at radius 3 is 2.50 bits per heavy atom.